The fourth-order valence-electron chi connectivity index (χ4n) is 4.33. The molecule has 6 nitrogen and oxygen atoms in total. The van der Waals surface area contributed by atoms with Gasteiger partial charge in [0.05, 0.1) is 11.3 Å². The minimum Gasteiger partial charge on any atom is -0.378 e. The Morgan fingerprint density at radius 3 is 2.52 bits per heavy atom. The van der Waals surface area contributed by atoms with Crippen LogP contribution in [0, 0.1) is 5.41 Å². The van der Waals surface area contributed by atoms with Crippen molar-refractivity contribution in [3.05, 3.63) is 30.1 Å². The predicted octanol–water partition coefficient (Wildman–Crippen LogP) is 3.42. The lowest BCUT2D eigenvalue weighted by atomic mass is 9.56. The highest BCUT2D eigenvalue weighted by Crippen LogP contribution is 2.51. The van der Waals surface area contributed by atoms with Gasteiger partial charge in [0.25, 0.3) is 0 Å². The Bertz CT molecular complexity index is 660. The van der Waals surface area contributed by atoms with E-state index >= 15 is 0 Å². The number of halogens is 1. The van der Waals surface area contributed by atoms with E-state index in [9.17, 15) is 0 Å². The van der Waals surface area contributed by atoms with Crippen LogP contribution in [0.1, 0.15) is 52.7 Å². The summed E-state index contributed by atoms with van der Waals surface area (Å²) >= 11 is 0. The largest absolute Gasteiger partial charge is 0.378 e. The molecule has 1 aromatic rings. The Kier molecular flexibility index (Phi) is 8.72. The molecular formula is C22H38IN5O. The van der Waals surface area contributed by atoms with E-state index in [4.69, 9.17) is 9.73 Å². The molecule has 1 aliphatic heterocycles. The highest BCUT2D eigenvalue weighted by molar-refractivity contribution is 14.0. The van der Waals surface area contributed by atoms with E-state index in [1.165, 1.54) is 0 Å². The van der Waals surface area contributed by atoms with E-state index in [1.807, 2.05) is 19.4 Å². The van der Waals surface area contributed by atoms with Gasteiger partial charge in [-0.2, -0.15) is 0 Å². The molecule has 0 bridgehead atoms. The molecule has 0 spiro atoms. The molecule has 0 radical (unpaired) electrons. The highest BCUT2D eigenvalue weighted by Gasteiger charge is 2.58. The molecule has 2 heterocycles. The number of hydrogen-bond donors (Lipinski definition) is 2. The maximum atomic E-state index is 5.76. The minimum atomic E-state index is -0.0706. The molecule has 29 heavy (non-hydrogen) atoms. The van der Waals surface area contributed by atoms with Crippen molar-refractivity contribution < 1.29 is 4.74 Å². The highest BCUT2D eigenvalue weighted by atomic mass is 127. The number of pyridine rings is 1. The van der Waals surface area contributed by atoms with Crippen LogP contribution in [-0.2, 0) is 11.3 Å². The Morgan fingerprint density at radius 1 is 1.24 bits per heavy atom. The summed E-state index contributed by atoms with van der Waals surface area (Å²) < 4.78 is 5.76. The third-order valence-electron chi connectivity index (χ3n) is 6.95. The van der Waals surface area contributed by atoms with Crippen molar-refractivity contribution in [2.75, 3.05) is 26.7 Å². The first-order chi connectivity index (χ1) is 13.4. The number of methoxy groups -OCH3 is 1. The van der Waals surface area contributed by atoms with E-state index in [1.54, 1.807) is 0 Å². The van der Waals surface area contributed by atoms with Crippen molar-refractivity contribution >= 4 is 29.9 Å². The molecule has 164 valence electrons. The number of likely N-dealkylation sites (tertiary alicyclic amines) is 1. The number of ether oxygens (including phenoxy) is 1. The number of aliphatic imine (C=N–C) groups is 1. The number of nitrogens with zero attached hydrogens (tertiary/aromatic N) is 3. The summed E-state index contributed by atoms with van der Waals surface area (Å²) in [5.41, 5.74) is 1.15. The van der Waals surface area contributed by atoms with Gasteiger partial charge in [-0.15, -0.1) is 24.0 Å². The fourth-order valence-corrected chi connectivity index (χ4v) is 4.33. The van der Waals surface area contributed by atoms with Gasteiger partial charge in [-0.05, 0) is 45.2 Å². The number of nitrogens with one attached hydrogen (secondary N) is 2. The standard InChI is InChI=1S/C22H37N5O.HI/c1-6-23-20(26-19-15-22(4,28-5)21(19,2)3)25-17-10-13-27(14-11-17)16-18-9-7-8-12-24-18;/h7-9,12,17,19H,6,10-11,13-16H2,1-5H3,(H2,23,25,26);1H. The molecular weight excluding hydrogens is 477 g/mol. The van der Waals surface area contributed by atoms with Crippen LogP contribution in [0.25, 0.3) is 0 Å². The van der Waals surface area contributed by atoms with Gasteiger partial charge >= 0.3 is 0 Å². The molecule has 2 unspecified atom stereocenters. The predicted molar refractivity (Wildman–Crippen MR) is 130 cm³/mol. The van der Waals surface area contributed by atoms with Crippen molar-refractivity contribution in [1.82, 2.24) is 20.5 Å². The first-order valence-corrected chi connectivity index (χ1v) is 10.6. The van der Waals surface area contributed by atoms with Gasteiger partial charge in [0.15, 0.2) is 5.96 Å². The number of rotatable bonds is 6. The lowest BCUT2D eigenvalue weighted by molar-refractivity contribution is -0.176. The zero-order chi connectivity index (χ0) is 20.2. The van der Waals surface area contributed by atoms with Gasteiger partial charge in [0.1, 0.15) is 0 Å². The van der Waals surface area contributed by atoms with E-state index < -0.39 is 0 Å². The zero-order valence-electron chi connectivity index (χ0n) is 18.6. The number of guanidine groups is 1. The molecule has 2 N–H and O–H groups in total. The summed E-state index contributed by atoms with van der Waals surface area (Å²) in [5.74, 6) is 0.946. The van der Waals surface area contributed by atoms with E-state index in [0.717, 1.165) is 57.1 Å². The average molecular weight is 515 g/mol. The van der Waals surface area contributed by atoms with Crippen LogP contribution in [0.5, 0.6) is 0 Å². The lowest BCUT2D eigenvalue weighted by Crippen LogP contribution is -2.69. The number of piperidine rings is 1. The average Bonchev–Trinajstić information content (AvgIpc) is 2.70. The van der Waals surface area contributed by atoms with Crippen molar-refractivity contribution in [2.24, 2.45) is 10.4 Å². The van der Waals surface area contributed by atoms with Gasteiger partial charge in [-0.25, -0.2) is 0 Å². The van der Waals surface area contributed by atoms with Gasteiger partial charge in [0.2, 0.25) is 0 Å². The molecule has 1 saturated carbocycles. The van der Waals surface area contributed by atoms with E-state index in [2.05, 4.69) is 60.3 Å². The first kappa shape index (κ1) is 24.3. The molecule has 2 aliphatic rings. The van der Waals surface area contributed by atoms with Gasteiger partial charge in [0, 0.05) is 57.0 Å². The normalized spacial score (nSPS) is 27.6. The zero-order valence-corrected chi connectivity index (χ0v) is 20.9. The van der Waals surface area contributed by atoms with Crippen LogP contribution in [0.4, 0.5) is 0 Å². The van der Waals surface area contributed by atoms with Gasteiger partial charge in [-0.1, -0.05) is 19.9 Å². The second kappa shape index (κ2) is 10.4. The van der Waals surface area contributed by atoms with Crippen LogP contribution >= 0.6 is 24.0 Å². The monoisotopic (exact) mass is 515 g/mol. The fraction of sp³-hybridized carbons (Fsp3) is 0.727. The second-order valence-electron chi connectivity index (χ2n) is 8.90. The van der Waals surface area contributed by atoms with Crippen LogP contribution in [0.3, 0.4) is 0 Å². The van der Waals surface area contributed by atoms with Crippen molar-refractivity contribution in [1.29, 1.82) is 0 Å². The number of hydrogen-bond acceptors (Lipinski definition) is 4. The van der Waals surface area contributed by atoms with Crippen LogP contribution in [-0.4, -0.2) is 60.3 Å². The summed E-state index contributed by atoms with van der Waals surface area (Å²) in [6.07, 6.45) is 5.13. The Morgan fingerprint density at radius 2 is 1.97 bits per heavy atom. The molecule has 1 saturated heterocycles. The summed E-state index contributed by atoms with van der Waals surface area (Å²) in [5, 5.41) is 7.35. The van der Waals surface area contributed by atoms with Crippen molar-refractivity contribution in [2.45, 2.75) is 71.2 Å². The summed E-state index contributed by atoms with van der Waals surface area (Å²) in [6, 6.07) is 6.98. The van der Waals surface area contributed by atoms with Crippen LogP contribution in [0.2, 0.25) is 0 Å². The third-order valence-corrected chi connectivity index (χ3v) is 6.95. The molecule has 1 aromatic heterocycles. The Balaban J connectivity index is 0.00000300. The molecule has 2 atom stereocenters. The van der Waals surface area contributed by atoms with Crippen molar-refractivity contribution in [3.63, 3.8) is 0 Å². The summed E-state index contributed by atoms with van der Waals surface area (Å²) in [7, 11) is 1.82. The second-order valence-corrected chi connectivity index (χ2v) is 8.90. The first-order valence-electron chi connectivity index (χ1n) is 10.6. The maximum absolute atomic E-state index is 5.76. The maximum Gasteiger partial charge on any atom is 0.191 e. The summed E-state index contributed by atoms with van der Waals surface area (Å²) in [6.45, 7) is 12.7. The quantitative estimate of drug-likeness (QED) is 0.346. The van der Waals surface area contributed by atoms with E-state index in [-0.39, 0.29) is 35.0 Å². The molecule has 0 aromatic carbocycles. The molecule has 1 aliphatic carbocycles. The topological polar surface area (TPSA) is 61.8 Å². The molecule has 3 rings (SSSR count). The van der Waals surface area contributed by atoms with Crippen molar-refractivity contribution in [3.8, 4) is 0 Å². The SMILES string of the molecule is CCN=C(NC1CCN(Cc2ccccn2)CC1)NC1CC(C)(OC)C1(C)C.I. The molecule has 7 heteroatoms. The summed E-state index contributed by atoms with van der Waals surface area (Å²) in [4.78, 5) is 11.6. The van der Waals surface area contributed by atoms with Crippen LogP contribution in [0.15, 0.2) is 29.4 Å². The smallest absolute Gasteiger partial charge is 0.191 e. The molecule has 2 fully saturated rings. The van der Waals surface area contributed by atoms with Gasteiger partial charge in [-0.3, -0.25) is 14.9 Å². The Labute approximate surface area is 193 Å². The number of aromatic nitrogens is 1. The minimum absolute atomic E-state index is 0. The van der Waals surface area contributed by atoms with E-state index in [0.29, 0.717) is 12.1 Å². The molecule has 0 amide bonds. The third kappa shape index (κ3) is 5.61. The van der Waals surface area contributed by atoms with Gasteiger partial charge < -0.3 is 15.4 Å². The lowest BCUT2D eigenvalue weighted by Gasteiger charge is -2.59. The van der Waals surface area contributed by atoms with Crippen LogP contribution < -0.4 is 10.6 Å². The Hall–Kier alpha value is -0.930.